The predicted octanol–water partition coefficient (Wildman–Crippen LogP) is 4.25. The van der Waals surface area contributed by atoms with Crippen molar-refractivity contribution in [2.45, 2.75) is 39.2 Å². The average Bonchev–Trinajstić information content (AvgIpc) is 2.25. The van der Waals surface area contributed by atoms with E-state index in [0.29, 0.717) is 6.61 Å². The lowest BCUT2D eigenvalue weighted by Gasteiger charge is -2.20. The Morgan fingerprint density at radius 3 is 2.25 bits per heavy atom. The van der Waals surface area contributed by atoms with E-state index in [-0.39, 0.29) is 11.5 Å². The summed E-state index contributed by atoms with van der Waals surface area (Å²) in [6, 6.07) is 8.66. The molecule has 0 bridgehead atoms. The Labute approximate surface area is 99.1 Å². The molecular formula is C15H22O. The molecule has 0 saturated heterocycles. The maximum absolute atomic E-state index is 5.58. The van der Waals surface area contributed by atoms with Crippen LogP contribution in [0.2, 0.25) is 0 Å². The molecule has 0 aliphatic carbocycles. The van der Waals surface area contributed by atoms with Crippen LogP contribution in [0.1, 0.15) is 44.9 Å². The summed E-state index contributed by atoms with van der Waals surface area (Å²) in [6.45, 7) is 13.0. The van der Waals surface area contributed by atoms with E-state index < -0.39 is 0 Å². The van der Waals surface area contributed by atoms with Crippen molar-refractivity contribution in [3.63, 3.8) is 0 Å². The van der Waals surface area contributed by atoms with E-state index in [1.165, 1.54) is 11.1 Å². The van der Waals surface area contributed by atoms with Gasteiger partial charge in [-0.25, -0.2) is 0 Å². The third-order valence-electron chi connectivity index (χ3n) is 2.71. The standard InChI is InChI=1S/C15H22O/c1-6-11-16-12(2)13-7-9-14(10-8-13)15(3,4)5/h6-10,12H,1,11H2,2-5H3/t12-/m1/s1. The first-order chi connectivity index (χ1) is 7.45. The third-order valence-corrected chi connectivity index (χ3v) is 2.71. The number of hydrogen-bond acceptors (Lipinski definition) is 1. The molecule has 0 heterocycles. The van der Waals surface area contributed by atoms with Gasteiger partial charge in [0.15, 0.2) is 0 Å². The van der Waals surface area contributed by atoms with Gasteiger partial charge < -0.3 is 4.74 Å². The Morgan fingerprint density at radius 1 is 1.25 bits per heavy atom. The van der Waals surface area contributed by atoms with Gasteiger partial charge in [-0.1, -0.05) is 51.1 Å². The maximum Gasteiger partial charge on any atom is 0.0801 e. The molecule has 1 aromatic carbocycles. The average molecular weight is 218 g/mol. The minimum Gasteiger partial charge on any atom is -0.370 e. The van der Waals surface area contributed by atoms with E-state index in [1.807, 2.05) is 0 Å². The first kappa shape index (κ1) is 13.0. The van der Waals surface area contributed by atoms with Gasteiger partial charge in [-0.3, -0.25) is 0 Å². The number of hydrogen-bond donors (Lipinski definition) is 0. The second-order valence-corrected chi connectivity index (χ2v) is 5.14. The molecule has 0 aliphatic heterocycles. The summed E-state index contributed by atoms with van der Waals surface area (Å²) in [6.07, 6.45) is 1.91. The fourth-order valence-electron chi connectivity index (χ4n) is 1.56. The minimum absolute atomic E-state index is 0.131. The number of ether oxygens (including phenoxy) is 1. The monoisotopic (exact) mass is 218 g/mol. The van der Waals surface area contributed by atoms with Gasteiger partial charge in [0.05, 0.1) is 12.7 Å². The van der Waals surface area contributed by atoms with Gasteiger partial charge >= 0.3 is 0 Å². The number of benzene rings is 1. The summed E-state index contributed by atoms with van der Waals surface area (Å²) in [4.78, 5) is 0. The van der Waals surface area contributed by atoms with Crippen molar-refractivity contribution in [2.75, 3.05) is 6.61 Å². The van der Waals surface area contributed by atoms with Crippen LogP contribution in [0.25, 0.3) is 0 Å². The first-order valence-corrected chi connectivity index (χ1v) is 5.78. The molecule has 88 valence electrons. The van der Waals surface area contributed by atoms with Crippen LogP contribution in [0.3, 0.4) is 0 Å². The van der Waals surface area contributed by atoms with Crippen molar-refractivity contribution < 1.29 is 4.74 Å². The van der Waals surface area contributed by atoms with Crippen molar-refractivity contribution in [2.24, 2.45) is 0 Å². The molecule has 16 heavy (non-hydrogen) atoms. The molecule has 0 aromatic heterocycles. The molecule has 1 nitrogen and oxygen atoms in total. The van der Waals surface area contributed by atoms with Gasteiger partial charge in [0.2, 0.25) is 0 Å². The summed E-state index contributed by atoms with van der Waals surface area (Å²) >= 11 is 0. The normalized spacial score (nSPS) is 13.5. The summed E-state index contributed by atoms with van der Waals surface area (Å²) in [5, 5.41) is 0. The molecule has 1 aromatic rings. The first-order valence-electron chi connectivity index (χ1n) is 5.78. The maximum atomic E-state index is 5.58. The van der Waals surface area contributed by atoms with Gasteiger partial charge in [0.25, 0.3) is 0 Å². The van der Waals surface area contributed by atoms with Crippen LogP contribution in [0.4, 0.5) is 0 Å². The Kier molecular flexibility index (Phi) is 4.31. The summed E-state index contributed by atoms with van der Waals surface area (Å²) in [7, 11) is 0. The van der Waals surface area contributed by atoms with Crippen molar-refractivity contribution in [3.05, 3.63) is 48.0 Å². The summed E-state index contributed by atoms with van der Waals surface area (Å²) in [5.41, 5.74) is 2.78. The van der Waals surface area contributed by atoms with Crippen LogP contribution < -0.4 is 0 Å². The van der Waals surface area contributed by atoms with Crippen LogP contribution in [-0.2, 0) is 10.2 Å². The van der Waals surface area contributed by atoms with Crippen molar-refractivity contribution in [3.8, 4) is 0 Å². The predicted molar refractivity (Wildman–Crippen MR) is 69.7 cm³/mol. The van der Waals surface area contributed by atoms with Gasteiger partial charge in [0.1, 0.15) is 0 Å². The second-order valence-electron chi connectivity index (χ2n) is 5.14. The molecule has 1 atom stereocenters. The van der Waals surface area contributed by atoms with Gasteiger partial charge in [-0.15, -0.1) is 6.58 Å². The molecule has 0 aliphatic rings. The fraction of sp³-hybridized carbons (Fsp3) is 0.467. The molecule has 0 amide bonds. The molecule has 0 saturated carbocycles. The molecule has 0 spiro atoms. The molecule has 1 heteroatoms. The van der Waals surface area contributed by atoms with Gasteiger partial charge in [-0.05, 0) is 23.5 Å². The SMILES string of the molecule is C=CCO[C@H](C)c1ccc(C(C)(C)C)cc1. The van der Waals surface area contributed by atoms with E-state index in [9.17, 15) is 0 Å². The smallest absolute Gasteiger partial charge is 0.0801 e. The number of rotatable bonds is 4. The topological polar surface area (TPSA) is 9.23 Å². The van der Waals surface area contributed by atoms with E-state index >= 15 is 0 Å². The van der Waals surface area contributed by atoms with Crippen LogP contribution in [-0.4, -0.2) is 6.61 Å². The van der Waals surface area contributed by atoms with Gasteiger partial charge in [0, 0.05) is 0 Å². The highest BCUT2D eigenvalue weighted by Crippen LogP contribution is 2.24. The minimum atomic E-state index is 0.131. The quantitative estimate of drug-likeness (QED) is 0.686. The third kappa shape index (κ3) is 3.49. The largest absolute Gasteiger partial charge is 0.370 e. The fourth-order valence-corrected chi connectivity index (χ4v) is 1.56. The highest BCUT2D eigenvalue weighted by atomic mass is 16.5. The van der Waals surface area contributed by atoms with E-state index in [4.69, 9.17) is 4.74 Å². The Morgan fingerprint density at radius 2 is 1.81 bits per heavy atom. The zero-order valence-electron chi connectivity index (χ0n) is 10.8. The molecule has 1 rings (SSSR count). The lowest BCUT2D eigenvalue weighted by Crippen LogP contribution is -2.11. The zero-order chi connectivity index (χ0) is 12.2. The summed E-state index contributed by atoms with van der Waals surface area (Å²) in [5.74, 6) is 0. The van der Waals surface area contributed by atoms with E-state index in [1.54, 1.807) is 6.08 Å². The van der Waals surface area contributed by atoms with E-state index in [2.05, 4.69) is 58.5 Å². The molecule has 0 fully saturated rings. The van der Waals surface area contributed by atoms with Crippen molar-refractivity contribution in [1.29, 1.82) is 0 Å². The lowest BCUT2D eigenvalue weighted by atomic mass is 9.86. The van der Waals surface area contributed by atoms with Crippen LogP contribution in [0.15, 0.2) is 36.9 Å². The van der Waals surface area contributed by atoms with Crippen LogP contribution in [0, 0.1) is 0 Å². The Balaban J connectivity index is 2.74. The zero-order valence-corrected chi connectivity index (χ0v) is 10.8. The van der Waals surface area contributed by atoms with Crippen molar-refractivity contribution in [1.82, 2.24) is 0 Å². The highest BCUT2D eigenvalue weighted by molar-refractivity contribution is 5.28. The lowest BCUT2D eigenvalue weighted by molar-refractivity contribution is 0.0887. The van der Waals surface area contributed by atoms with Gasteiger partial charge in [-0.2, -0.15) is 0 Å². The Hall–Kier alpha value is -1.08. The molecule has 0 N–H and O–H groups in total. The van der Waals surface area contributed by atoms with Crippen LogP contribution in [0.5, 0.6) is 0 Å². The second kappa shape index (κ2) is 5.31. The van der Waals surface area contributed by atoms with E-state index in [0.717, 1.165) is 0 Å². The molecule has 0 unspecified atom stereocenters. The summed E-state index contributed by atoms with van der Waals surface area (Å²) < 4.78 is 5.58. The van der Waals surface area contributed by atoms with Crippen molar-refractivity contribution >= 4 is 0 Å². The molecular weight excluding hydrogens is 196 g/mol. The molecule has 0 radical (unpaired) electrons. The highest BCUT2D eigenvalue weighted by Gasteiger charge is 2.13. The van der Waals surface area contributed by atoms with Crippen LogP contribution >= 0.6 is 0 Å². The Bertz CT molecular complexity index is 329.